The largest absolute Gasteiger partial charge is 0.481 e. The van der Waals surface area contributed by atoms with Gasteiger partial charge in [-0.1, -0.05) is 63.8 Å². The lowest BCUT2D eigenvalue weighted by atomic mass is 9.79. The van der Waals surface area contributed by atoms with E-state index in [2.05, 4.69) is 80.8 Å². The molecule has 0 spiro atoms. The van der Waals surface area contributed by atoms with Crippen LogP contribution in [0.2, 0.25) is 0 Å². The number of carbonyl (C=O) groups is 1. The van der Waals surface area contributed by atoms with Crippen LogP contribution in [0.25, 0.3) is 0 Å². The maximum Gasteiger partial charge on any atom is 0.303 e. The molecule has 0 bridgehead atoms. The fourth-order valence-electron chi connectivity index (χ4n) is 5.05. The van der Waals surface area contributed by atoms with Gasteiger partial charge in [-0.15, -0.1) is 0 Å². The van der Waals surface area contributed by atoms with Crippen LogP contribution in [0.5, 0.6) is 0 Å². The van der Waals surface area contributed by atoms with Crippen molar-refractivity contribution in [1.82, 2.24) is 0 Å². The zero-order valence-electron chi connectivity index (χ0n) is 20.2. The van der Waals surface area contributed by atoms with Gasteiger partial charge in [-0.3, -0.25) is 4.79 Å². The Bertz CT molecular complexity index is 870. The summed E-state index contributed by atoms with van der Waals surface area (Å²) in [6.07, 6.45) is 7.57. The third-order valence-electron chi connectivity index (χ3n) is 6.96. The average molecular weight is 437 g/mol. The van der Waals surface area contributed by atoms with Gasteiger partial charge in [0, 0.05) is 11.7 Å². The molecule has 174 valence electrons. The number of aliphatic carboxylic acids is 1. The SMILES string of the molecule is CCC(CC(=O)O)c1ccc(NC(C(C)C)C2CCCCC2)c(Nc2ccc(C)cc2)c1. The Hall–Kier alpha value is -2.49. The zero-order chi connectivity index (χ0) is 23.1. The van der Waals surface area contributed by atoms with Gasteiger partial charge in [0.2, 0.25) is 0 Å². The highest BCUT2D eigenvalue weighted by molar-refractivity contribution is 5.76. The quantitative estimate of drug-likeness (QED) is 0.357. The lowest BCUT2D eigenvalue weighted by Gasteiger charge is -2.35. The molecule has 1 fully saturated rings. The Morgan fingerprint density at radius 3 is 2.31 bits per heavy atom. The summed E-state index contributed by atoms with van der Waals surface area (Å²) in [7, 11) is 0. The van der Waals surface area contributed by atoms with Gasteiger partial charge in [-0.25, -0.2) is 0 Å². The van der Waals surface area contributed by atoms with Gasteiger partial charge in [-0.05, 0) is 73.8 Å². The molecule has 1 aliphatic rings. The molecule has 0 saturated heterocycles. The Kier molecular flexibility index (Phi) is 8.60. The van der Waals surface area contributed by atoms with Crippen molar-refractivity contribution in [2.75, 3.05) is 10.6 Å². The van der Waals surface area contributed by atoms with Crippen molar-refractivity contribution in [3.8, 4) is 0 Å². The standard InChI is InChI=1S/C28H40N2O2/c1-5-21(18-27(31)32)23-13-16-25(26(17-23)29-24-14-11-20(4)12-15-24)30-28(19(2)3)22-9-7-6-8-10-22/h11-17,19,21-22,28-30H,5-10,18H2,1-4H3,(H,31,32). The zero-order valence-corrected chi connectivity index (χ0v) is 20.2. The van der Waals surface area contributed by atoms with Gasteiger partial charge >= 0.3 is 5.97 Å². The first kappa shape index (κ1) is 24.2. The van der Waals surface area contributed by atoms with Gasteiger partial charge in [0.1, 0.15) is 0 Å². The first-order chi connectivity index (χ1) is 15.4. The molecule has 0 aliphatic heterocycles. The predicted octanol–water partition coefficient (Wildman–Crippen LogP) is 7.72. The van der Waals surface area contributed by atoms with Crippen LogP contribution in [0.4, 0.5) is 17.1 Å². The Labute approximate surface area is 193 Å². The summed E-state index contributed by atoms with van der Waals surface area (Å²) in [4.78, 5) is 11.4. The van der Waals surface area contributed by atoms with Gasteiger partial charge in [0.25, 0.3) is 0 Å². The van der Waals surface area contributed by atoms with Crippen LogP contribution in [0.15, 0.2) is 42.5 Å². The van der Waals surface area contributed by atoms with Crippen LogP contribution >= 0.6 is 0 Å². The van der Waals surface area contributed by atoms with Crippen molar-refractivity contribution in [2.24, 2.45) is 11.8 Å². The molecule has 1 saturated carbocycles. The van der Waals surface area contributed by atoms with E-state index in [4.69, 9.17) is 0 Å². The maximum absolute atomic E-state index is 11.4. The monoisotopic (exact) mass is 436 g/mol. The van der Waals surface area contributed by atoms with Gasteiger partial charge in [0.15, 0.2) is 0 Å². The Balaban J connectivity index is 1.93. The normalized spacial score (nSPS) is 16.5. The summed E-state index contributed by atoms with van der Waals surface area (Å²) in [5.74, 6) is 0.509. The third-order valence-corrected chi connectivity index (χ3v) is 6.96. The van der Waals surface area contributed by atoms with Gasteiger partial charge in [-0.2, -0.15) is 0 Å². The van der Waals surface area contributed by atoms with Gasteiger partial charge < -0.3 is 15.7 Å². The molecule has 4 heteroatoms. The third kappa shape index (κ3) is 6.51. The molecule has 4 nitrogen and oxygen atoms in total. The molecule has 2 unspecified atom stereocenters. The molecule has 32 heavy (non-hydrogen) atoms. The van der Waals surface area contributed by atoms with Crippen molar-refractivity contribution in [3.05, 3.63) is 53.6 Å². The minimum atomic E-state index is -0.746. The first-order valence-electron chi connectivity index (χ1n) is 12.3. The van der Waals surface area contributed by atoms with Crippen LogP contribution < -0.4 is 10.6 Å². The second-order valence-electron chi connectivity index (χ2n) is 9.81. The summed E-state index contributed by atoms with van der Waals surface area (Å²) < 4.78 is 0. The Morgan fingerprint density at radius 1 is 1.03 bits per heavy atom. The number of hydrogen-bond donors (Lipinski definition) is 3. The second kappa shape index (κ2) is 11.4. The Morgan fingerprint density at radius 2 is 1.72 bits per heavy atom. The number of nitrogens with one attached hydrogen (secondary N) is 2. The van der Waals surface area contributed by atoms with E-state index in [0.29, 0.717) is 17.9 Å². The average Bonchev–Trinajstić information content (AvgIpc) is 2.78. The van der Waals surface area contributed by atoms with E-state index in [1.807, 2.05) is 0 Å². The summed E-state index contributed by atoms with van der Waals surface area (Å²) in [6, 6.07) is 15.3. The number of aryl methyl sites for hydroxylation is 1. The smallest absolute Gasteiger partial charge is 0.303 e. The van der Waals surface area contributed by atoms with E-state index >= 15 is 0 Å². The minimum Gasteiger partial charge on any atom is -0.481 e. The molecular formula is C28H40N2O2. The van der Waals surface area contributed by atoms with Crippen LogP contribution in [0, 0.1) is 18.8 Å². The van der Waals surface area contributed by atoms with Crippen LogP contribution in [0.1, 0.15) is 82.8 Å². The molecular weight excluding hydrogens is 396 g/mol. The summed E-state index contributed by atoms with van der Waals surface area (Å²) in [6.45, 7) is 8.78. The van der Waals surface area contributed by atoms with E-state index in [0.717, 1.165) is 29.0 Å². The van der Waals surface area contributed by atoms with Crippen molar-refractivity contribution in [2.45, 2.75) is 84.6 Å². The number of rotatable bonds is 10. The molecule has 3 rings (SSSR count). The molecule has 0 amide bonds. The maximum atomic E-state index is 11.4. The summed E-state index contributed by atoms with van der Waals surface area (Å²) >= 11 is 0. The van der Waals surface area contributed by atoms with Crippen molar-refractivity contribution >= 4 is 23.0 Å². The summed E-state index contributed by atoms with van der Waals surface area (Å²) in [5, 5.41) is 16.9. The number of benzene rings is 2. The van der Waals surface area contributed by atoms with Gasteiger partial charge in [0.05, 0.1) is 17.8 Å². The lowest BCUT2D eigenvalue weighted by Crippen LogP contribution is -2.35. The second-order valence-corrected chi connectivity index (χ2v) is 9.81. The number of anilines is 3. The molecule has 2 atom stereocenters. The highest BCUT2D eigenvalue weighted by atomic mass is 16.4. The molecule has 0 heterocycles. The minimum absolute atomic E-state index is 0.0133. The van der Waals surface area contributed by atoms with Crippen LogP contribution in [-0.4, -0.2) is 17.1 Å². The van der Waals surface area contributed by atoms with Crippen molar-refractivity contribution in [3.63, 3.8) is 0 Å². The van der Waals surface area contributed by atoms with E-state index in [9.17, 15) is 9.90 Å². The number of carboxylic acids is 1. The fourth-order valence-corrected chi connectivity index (χ4v) is 5.05. The van der Waals surface area contributed by atoms with Crippen LogP contribution in [0.3, 0.4) is 0 Å². The van der Waals surface area contributed by atoms with Crippen molar-refractivity contribution in [1.29, 1.82) is 0 Å². The summed E-state index contributed by atoms with van der Waals surface area (Å²) in [5.41, 5.74) is 5.47. The highest BCUT2D eigenvalue weighted by Crippen LogP contribution is 2.36. The number of hydrogen-bond acceptors (Lipinski definition) is 3. The lowest BCUT2D eigenvalue weighted by molar-refractivity contribution is -0.137. The van der Waals surface area contributed by atoms with E-state index in [-0.39, 0.29) is 12.3 Å². The highest BCUT2D eigenvalue weighted by Gasteiger charge is 2.27. The van der Waals surface area contributed by atoms with Crippen LogP contribution in [-0.2, 0) is 4.79 Å². The molecule has 0 radical (unpaired) electrons. The molecule has 1 aliphatic carbocycles. The molecule has 3 N–H and O–H groups in total. The topological polar surface area (TPSA) is 61.4 Å². The van der Waals surface area contributed by atoms with Crippen molar-refractivity contribution < 1.29 is 9.90 Å². The molecule has 2 aromatic rings. The van der Waals surface area contributed by atoms with E-state index in [1.165, 1.54) is 37.7 Å². The first-order valence-corrected chi connectivity index (χ1v) is 12.3. The van der Waals surface area contributed by atoms with E-state index < -0.39 is 5.97 Å². The number of carboxylic acid groups (broad SMARTS) is 1. The molecule has 2 aromatic carbocycles. The molecule has 0 aromatic heterocycles. The fraction of sp³-hybridized carbons (Fsp3) is 0.536. The van der Waals surface area contributed by atoms with E-state index in [1.54, 1.807) is 0 Å². The predicted molar refractivity (Wildman–Crippen MR) is 135 cm³/mol.